The third-order valence-corrected chi connectivity index (χ3v) is 5.19. The molecule has 1 aromatic rings. The number of hydrogen-bond donors (Lipinski definition) is 1. The van der Waals surface area contributed by atoms with Gasteiger partial charge in [-0.2, -0.15) is 0 Å². The van der Waals surface area contributed by atoms with Crippen LogP contribution in [0.2, 0.25) is 10.4 Å². The minimum atomic E-state index is -0.737. The van der Waals surface area contributed by atoms with Crippen molar-refractivity contribution in [2.24, 2.45) is 17.8 Å². The van der Waals surface area contributed by atoms with E-state index in [0.717, 1.165) is 12.4 Å². The molecule has 4 atom stereocenters. The van der Waals surface area contributed by atoms with Crippen molar-refractivity contribution < 1.29 is 5.11 Å². The van der Waals surface area contributed by atoms with Crippen molar-refractivity contribution in [3.05, 3.63) is 16.5 Å². The molecule has 2 aliphatic carbocycles. The lowest BCUT2D eigenvalue weighted by Gasteiger charge is -2.39. The average molecular weight is 282 g/mol. The van der Waals surface area contributed by atoms with E-state index in [2.05, 4.69) is 14.9 Å². The first-order valence-electron chi connectivity index (χ1n) is 6.07. The molecule has 0 spiro atoms. The van der Waals surface area contributed by atoms with Crippen LogP contribution in [0.15, 0.2) is 6.07 Å². The molecule has 2 saturated heterocycles. The summed E-state index contributed by atoms with van der Waals surface area (Å²) in [7, 11) is 3.75. The van der Waals surface area contributed by atoms with E-state index < -0.39 is 5.40 Å². The van der Waals surface area contributed by atoms with Gasteiger partial charge < -0.3 is 10.0 Å². The van der Waals surface area contributed by atoms with E-state index in [0.29, 0.717) is 22.9 Å². The highest BCUT2D eigenvalue weighted by Crippen LogP contribution is 2.85. The van der Waals surface area contributed by atoms with Gasteiger partial charge in [-0.3, -0.25) is 0 Å². The van der Waals surface area contributed by atoms with E-state index in [-0.39, 0.29) is 10.8 Å². The quantitative estimate of drug-likeness (QED) is 0.435. The highest BCUT2D eigenvalue weighted by Gasteiger charge is 2.93. The van der Waals surface area contributed by atoms with E-state index in [4.69, 9.17) is 23.2 Å². The minimum absolute atomic E-state index is 0.154. The minimum Gasteiger partial charge on any atom is -0.405 e. The second kappa shape index (κ2) is 3.00. The second-order valence-electron chi connectivity index (χ2n) is 6.03. The van der Waals surface area contributed by atoms with Crippen LogP contribution in [0.5, 0.6) is 0 Å². The maximum absolute atomic E-state index is 10.5. The molecule has 1 aromatic heterocycles. The maximum atomic E-state index is 10.5. The number of aliphatic hydroxyl groups is 1. The summed E-state index contributed by atoms with van der Waals surface area (Å²) in [6.07, 6.45) is 0. The molecule has 0 radical (unpaired) electrons. The smallest absolute Gasteiger partial charge is 0.225 e. The maximum Gasteiger partial charge on any atom is 0.225 e. The van der Waals surface area contributed by atoms with E-state index >= 15 is 0 Å². The highest BCUT2D eigenvalue weighted by atomic mass is 35.5. The van der Waals surface area contributed by atoms with Crippen molar-refractivity contribution in [3.8, 4) is 0 Å². The van der Waals surface area contributed by atoms with Gasteiger partial charge in [-0.1, -0.05) is 11.6 Å². The first-order valence-corrected chi connectivity index (χ1v) is 6.83. The summed E-state index contributed by atoms with van der Waals surface area (Å²) in [5, 5.41) is 10.2. The number of anilines is 1. The zero-order valence-corrected chi connectivity index (χ0v) is 11.6. The Hall–Kier alpha value is -0.450. The Kier molecular flexibility index (Phi) is 1.89. The first-order chi connectivity index (χ1) is 8.37. The Morgan fingerprint density at radius 2 is 2.06 bits per heavy atom. The Morgan fingerprint density at radius 1 is 1.39 bits per heavy atom. The Morgan fingerprint density at radius 3 is 2.61 bits per heavy atom. The van der Waals surface area contributed by atoms with E-state index in [1.165, 1.54) is 0 Å². The third-order valence-electron chi connectivity index (χ3n) is 4.83. The van der Waals surface area contributed by atoms with Gasteiger partial charge in [0.1, 0.15) is 26.7 Å². The molecule has 0 amide bonds. The Bertz CT molecular complexity index is 534. The highest BCUT2D eigenvalue weighted by molar-refractivity contribution is 6.41. The van der Waals surface area contributed by atoms with Crippen LogP contribution in [0.25, 0.3) is 0 Å². The Balaban J connectivity index is 1.78. The molecule has 0 aromatic carbocycles. The van der Waals surface area contributed by atoms with Crippen LogP contribution in [0.3, 0.4) is 0 Å². The molecule has 2 bridgehead atoms. The fourth-order valence-electron chi connectivity index (χ4n) is 4.23. The van der Waals surface area contributed by atoms with Gasteiger partial charge in [0.2, 0.25) is 5.28 Å². The average Bonchev–Trinajstić information content (AvgIpc) is 3.01. The molecule has 3 heterocycles. The number of rotatable bonds is 2. The van der Waals surface area contributed by atoms with Crippen molar-refractivity contribution in [1.29, 1.82) is 0 Å². The van der Waals surface area contributed by atoms with E-state index in [1.54, 1.807) is 6.07 Å². The molecular weight excluding hydrogens is 271 g/mol. The van der Waals surface area contributed by atoms with Gasteiger partial charge in [0.05, 0.1) is 5.54 Å². The third kappa shape index (κ3) is 1.11. The molecule has 18 heavy (non-hydrogen) atoms. The SMILES string of the molecule is BC(B)(O)[C@@]12C3C(CN1c1cc(Cl)nc(Cl)n1)[C@@H]32. The predicted octanol–water partition coefficient (Wildman–Crippen LogP) is -0.870. The number of piperidine rings is 1. The fraction of sp³-hybridized carbons (Fsp3) is 0.600. The fourth-order valence-corrected chi connectivity index (χ4v) is 4.63. The topological polar surface area (TPSA) is 49.2 Å². The molecule has 2 aliphatic heterocycles. The van der Waals surface area contributed by atoms with Gasteiger partial charge in [-0.05, 0) is 29.4 Å². The van der Waals surface area contributed by atoms with E-state index in [1.807, 2.05) is 15.7 Å². The van der Waals surface area contributed by atoms with Crippen LogP contribution in [-0.4, -0.2) is 48.3 Å². The number of fused-ring (bicyclic) bond motifs is 1. The molecular formula is C10H11B2Cl2N3O. The molecule has 2 unspecified atom stereocenters. The van der Waals surface area contributed by atoms with Crippen molar-refractivity contribution in [3.63, 3.8) is 0 Å². The number of halogens is 2. The van der Waals surface area contributed by atoms with Gasteiger partial charge in [-0.15, -0.1) is 0 Å². The van der Waals surface area contributed by atoms with Crippen molar-refractivity contribution in [2.45, 2.75) is 10.9 Å². The van der Waals surface area contributed by atoms with Crippen LogP contribution in [0, 0.1) is 17.8 Å². The largest absolute Gasteiger partial charge is 0.405 e. The molecule has 8 heteroatoms. The van der Waals surface area contributed by atoms with Crippen LogP contribution >= 0.6 is 23.2 Å². The van der Waals surface area contributed by atoms with Crippen molar-refractivity contribution in [2.75, 3.05) is 11.4 Å². The lowest BCUT2D eigenvalue weighted by atomic mass is 9.56. The summed E-state index contributed by atoms with van der Waals surface area (Å²) >= 11 is 11.8. The molecule has 2 saturated carbocycles. The summed E-state index contributed by atoms with van der Waals surface area (Å²) < 4.78 is 0. The first kappa shape index (κ1) is 11.4. The van der Waals surface area contributed by atoms with E-state index in [9.17, 15) is 5.11 Å². The molecule has 4 fully saturated rings. The Labute approximate surface area is 117 Å². The summed E-state index contributed by atoms with van der Waals surface area (Å²) in [6.45, 7) is 0.934. The van der Waals surface area contributed by atoms with Gasteiger partial charge >= 0.3 is 0 Å². The predicted molar refractivity (Wildman–Crippen MR) is 74.6 cm³/mol. The zero-order chi connectivity index (χ0) is 12.9. The van der Waals surface area contributed by atoms with Crippen LogP contribution < -0.4 is 4.90 Å². The normalized spacial score (nSPS) is 39.7. The lowest BCUT2D eigenvalue weighted by Crippen LogP contribution is -2.57. The van der Waals surface area contributed by atoms with Crippen LogP contribution in [0.1, 0.15) is 0 Å². The monoisotopic (exact) mass is 281 g/mol. The van der Waals surface area contributed by atoms with Gasteiger partial charge in [0, 0.05) is 18.0 Å². The summed E-state index contributed by atoms with van der Waals surface area (Å²) in [6, 6.07) is 1.72. The summed E-state index contributed by atoms with van der Waals surface area (Å²) in [5.74, 6) is 2.67. The summed E-state index contributed by atoms with van der Waals surface area (Å²) in [4.78, 5) is 10.3. The molecule has 1 N–H and O–H groups in total. The van der Waals surface area contributed by atoms with Crippen molar-refractivity contribution >= 4 is 44.7 Å². The molecule has 4 nitrogen and oxygen atoms in total. The molecule has 92 valence electrons. The molecule has 4 aliphatic rings. The van der Waals surface area contributed by atoms with Crippen molar-refractivity contribution in [1.82, 2.24) is 9.97 Å². The van der Waals surface area contributed by atoms with Crippen LogP contribution in [0.4, 0.5) is 5.82 Å². The molecule has 5 rings (SSSR count). The second-order valence-corrected chi connectivity index (χ2v) is 6.75. The van der Waals surface area contributed by atoms with Gasteiger partial charge in [0.25, 0.3) is 0 Å². The zero-order valence-electron chi connectivity index (χ0n) is 10.1. The lowest BCUT2D eigenvalue weighted by molar-refractivity contribution is 0.147. The number of hydrogen-bond acceptors (Lipinski definition) is 4. The van der Waals surface area contributed by atoms with Crippen LogP contribution in [-0.2, 0) is 0 Å². The van der Waals surface area contributed by atoms with Gasteiger partial charge in [0.15, 0.2) is 0 Å². The summed E-state index contributed by atoms with van der Waals surface area (Å²) in [5.41, 5.74) is -0.154. The standard InChI is InChI=1S/C10H11B2Cl2N3O/c11-10(12,18)9-6-3(7(6)9)2-17(9)5-1-4(13)15-8(14)16-5/h1,3,6-7,18H,2,11-12H2/t3?,6-,7?,9+/m0/s1. The number of nitrogens with zero attached hydrogens (tertiary/aromatic N) is 3. The van der Waals surface area contributed by atoms with Gasteiger partial charge in [-0.25, -0.2) is 9.97 Å². The number of aromatic nitrogens is 2.